The second-order valence-electron chi connectivity index (χ2n) is 11.7. The molecule has 41 heavy (non-hydrogen) atoms. The van der Waals surface area contributed by atoms with Gasteiger partial charge in [-0.05, 0) is 61.6 Å². The van der Waals surface area contributed by atoms with Gasteiger partial charge in [-0.25, -0.2) is 4.98 Å². The van der Waals surface area contributed by atoms with Gasteiger partial charge in [0.25, 0.3) is 0 Å². The summed E-state index contributed by atoms with van der Waals surface area (Å²) in [4.78, 5) is 7.96. The molecule has 7 rings (SSSR count). The number of alkyl halides is 6. The Morgan fingerprint density at radius 3 is 2.44 bits per heavy atom. The van der Waals surface area contributed by atoms with Crippen LogP contribution in [0.25, 0.3) is 5.69 Å². The Morgan fingerprint density at radius 1 is 0.976 bits per heavy atom. The monoisotopic (exact) mass is 598 g/mol. The van der Waals surface area contributed by atoms with Gasteiger partial charge in [-0.15, -0.1) is 23.4 Å². The van der Waals surface area contributed by atoms with Gasteiger partial charge in [0.2, 0.25) is 0 Å². The van der Waals surface area contributed by atoms with Crippen LogP contribution in [0.3, 0.4) is 0 Å². The fourth-order valence-electron chi connectivity index (χ4n) is 6.89. The highest BCUT2D eigenvalue weighted by Gasteiger charge is 2.55. The molecule has 1 spiro atoms. The van der Waals surface area contributed by atoms with E-state index >= 15 is 0 Å². The van der Waals surface area contributed by atoms with E-state index in [1.807, 2.05) is 21.6 Å². The normalized spacial score (nSPS) is 24.1. The quantitative estimate of drug-likeness (QED) is 0.331. The molecule has 2 aromatic heterocycles. The van der Waals surface area contributed by atoms with Gasteiger partial charge in [0.15, 0.2) is 17.4 Å². The van der Waals surface area contributed by atoms with Crippen LogP contribution in [0.1, 0.15) is 48.8 Å². The third-order valence-electron chi connectivity index (χ3n) is 8.90. The lowest BCUT2D eigenvalue weighted by Crippen LogP contribution is -2.62. The van der Waals surface area contributed by atoms with Crippen molar-refractivity contribution < 1.29 is 31.1 Å². The van der Waals surface area contributed by atoms with Crippen LogP contribution in [-0.2, 0) is 13.1 Å². The summed E-state index contributed by atoms with van der Waals surface area (Å²) in [6.45, 7) is 1.95. The fraction of sp³-hybridized carbons (Fsp3) is 0.519. The highest BCUT2D eigenvalue weighted by Crippen LogP contribution is 2.57. The molecule has 2 aliphatic carbocycles. The minimum absolute atomic E-state index is 0.0635. The Balaban J connectivity index is 1.09. The Bertz CT molecular complexity index is 1470. The van der Waals surface area contributed by atoms with E-state index < -0.39 is 18.5 Å². The molecule has 0 unspecified atom stereocenters. The number of rotatable bonds is 4. The maximum absolute atomic E-state index is 13.2. The van der Waals surface area contributed by atoms with Crippen LogP contribution in [-0.4, -0.2) is 56.3 Å². The number of hydrogen-bond donors (Lipinski definition) is 0. The van der Waals surface area contributed by atoms with E-state index in [-0.39, 0.29) is 41.8 Å². The summed E-state index contributed by atoms with van der Waals surface area (Å²) in [5.41, 5.74) is 1.71. The summed E-state index contributed by atoms with van der Waals surface area (Å²) in [6.07, 6.45) is -5.85. The minimum Gasteiger partial charge on any atom is -0.402 e. The average Bonchev–Trinajstić information content (AvgIpc) is 3.11. The van der Waals surface area contributed by atoms with Crippen molar-refractivity contribution in [3.63, 3.8) is 0 Å². The van der Waals surface area contributed by atoms with E-state index in [0.29, 0.717) is 37.0 Å². The van der Waals surface area contributed by atoms with Crippen molar-refractivity contribution in [3.05, 3.63) is 58.8 Å². The largest absolute Gasteiger partial charge is 0.573 e. The lowest BCUT2D eigenvalue weighted by molar-refractivity contribution is -0.274. The molecule has 3 fully saturated rings. The molecule has 4 aliphatic rings. The zero-order valence-corrected chi connectivity index (χ0v) is 22.3. The van der Waals surface area contributed by atoms with E-state index in [0.717, 1.165) is 29.9 Å². The molecular weight excluding hydrogens is 574 g/mol. The van der Waals surface area contributed by atoms with Gasteiger partial charge in [-0.2, -0.15) is 13.2 Å². The van der Waals surface area contributed by atoms with Gasteiger partial charge in [-0.3, -0.25) is 9.47 Å². The first-order chi connectivity index (χ1) is 19.4. The van der Waals surface area contributed by atoms with Crippen molar-refractivity contribution in [2.24, 2.45) is 11.3 Å². The maximum atomic E-state index is 13.2. The molecule has 0 radical (unpaired) electrons. The van der Waals surface area contributed by atoms with Crippen LogP contribution in [0.15, 0.2) is 36.5 Å². The van der Waals surface area contributed by atoms with Gasteiger partial charge in [0.1, 0.15) is 5.82 Å². The SMILES string of the molecule is FC(F)(F)Oc1cccnc1N1CC2(CC(c3nnc4n3-c3ccc(Cl)cc3CN(C3CC(C(F)(F)F)C3)C4)C2)C1. The van der Waals surface area contributed by atoms with E-state index in [2.05, 4.69) is 19.9 Å². The molecule has 1 aromatic carbocycles. The van der Waals surface area contributed by atoms with E-state index in [9.17, 15) is 26.3 Å². The number of aromatic nitrogens is 4. The molecule has 0 N–H and O–H groups in total. The second-order valence-corrected chi connectivity index (χ2v) is 12.1. The van der Waals surface area contributed by atoms with Crippen molar-refractivity contribution in [3.8, 4) is 11.4 Å². The Hall–Kier alpha value is -3.06. The number of anilines is 1. The van der Waals surface area contributed by atoms with Crippen molar-refractivity contribution in [1.82, 2.24) is 24.6 Å². The molecule has 2 saturated carbocycles. The average molecular weight is 599 g/mol. The number of halogens is 7. The number of fused-ring (bicyclic) bond motifs is 3. The molecular formula is C27H25ClF6N6O. The van der Waals surface area contributed by atoms with Gasteiger partial charge in [0, 0.05) is 48.2 Å². The molecule has 0 amide bonds. The third-order valence-corrected chi connectivity index (χ3v) is 9.14. The molecule has 3 aromatic rings. The van der Waals surface area contributed by atoms with Gasteiger partial charge < -0.3 is 9.64 Å². The number of nitrogens with zero attached hydrogens (tertiary/aromatic N) is 6. The van der Waals surface area contributed by atoms with E-state index in [4.69, 9.17) is 11.6 Å². The highest BCUT2D eigenvalue weighted by atomic mass is 35.5. The van der Waals surface area contributed by atoms with Crippen molar-refractivity contribution >= 4 is 17.4 Å². The number of benzene rings is 1. The molecule has 1 saturated heterocycles. The molecule has 0 atom stereocenters. The van der Waals surface area contributed by atoms with Gasteiger partial charge in [0.05, 0.1) is 18.2 Å². The summed E-state index contributed by atoms with van der Waals surface area (Å²) in [7, 11) is 0. The van der Waals surface area contributed by atoms with Crippen LogP contribution in [0.2, 0.25) is 5.02 Å². The van der Waals surface area contributed by atoms with E-state index in [1.165, 1.54) is 18.3 Å². The standard InChI is InChI=1S/C27H25ClF6N6O/c28-18-3-4-20-15(6-18)11-38(19-7-17(8-19)26(29,30)31)12-22-36-37-23(40(20)22)16-9-25(10-16)13-39(14-25)24-21(2-1-5-35-24)41-27(32,33)34/h1-6,16-17,19H,7-14H2. The molecule has 2 aliphatic heterocycles. The smallest absolute Gasteiger partial charge is 0.402 e. The first kappa shape index (κ1) is 26.8. The molecule has 218 valence electrons. The second kappa shape index (κ2) is 9.22. The summed E-state index contributed by atoms with van der Waals surface area (Å²) in [6, 6.07) is 8.00. The molecule has 0 bridgehead atoms. The minimum atomic E-state index is -4.80. The maximum Gasteiger partial charge on any atom is 0.573 e. The zero-order chi connectivity index (χ0) is 28.7. The molecule has 14 heteroatoms. The molecule has 4 heterocycles. The van der Waals surface area contributed by atoms with Crippen LogP contribution in [0.4, 0.5) is 32.2 Å². The molecule has 7 nitrogen and oxygen atoms in total. The summed E-state index contributed by atoms with van der Waals surface area (Å²) in [5.74, 6) is 0.122. The summed E-state index contributed by atoms with van der Waals surface area (Å²) in [5, 5.41) is 9.55. The third kappa shape index (κ3) is 4.80. The number of hydrogen-bond acceptors (Lipinski definition) is 6. The lowest BCUT2D eigenvalue weighted by atomic mass is 9.57. The highest BCUT2D eigenvalue weighted by molar-refractivity contribution is 6.30. The number of ether oxygens (including phenoxy) is 1. The van der Waals surface area contributed by atoms with Crippen molar-refractivity contribution in [1.29, 1.82) is 0 Å². The van der Waals surface area contributed by atoms with Gasteiger partial charge in [-0.1, -0.05) is 11.6 Å². The Labute approximate surface area is 236 Å². The zero-order valence-electron chi connectivity index (χ0n) is 21.6. The van der Waals surface area contributed by atoms with Crippen LogP contribution in [0, 0.1) is 11.3 Å². The Kier molecular flexibility index (Phi) is 6.03. The summed E-state index contributed by atoms with van der Waals surface area (Å²) < 4.78 is 84.3. The lowest BCUT2D eigenvalue weighted by Gasteiger charge is -2.59. The van der Waals surface area contributed by atoms with Crippen molar-refractivity contribution in [2.45, 2.75) is 63.3 Å². The first-order valence-electron chi connectivity index (χ1n) is 13.4. The van der Waals surface area contributed by atoms with Crippen molar-refractivity contribution in [2.75, 3.05) is 18.0 Å². The van der Waals surface area contributed by atoms with E-state index in [1.54, 1.807) is 11.0 Å². The predicted molar refractivity (Wildman–Crippen MR) is 136 cm³/mol. The Morgan fingerprint density at radius 2 is 1.73 bits per heavy atom. The topological polar surface area (TPSA) is 59.3 Å². The van der Waals surface area contributed by atoms with Crippen LogP contribution in [0.5, 0.6) is 5.75 Å². The van der Waals surface area contributed by atoms with Crippen LogP contribution < -0.4 is 9.64 Å². The first-order valence-corrected chi connectivity index (χ1v) is 13.7. The van der Waals surface area contributed by atoms with Crippen LogP contribution >= 0.6 is 11.6 Å². The summed E-state index contributed by atoms with van der Waals surface area (Å²) >= 11 is 6.32. The number of pyridine rings is 1. The fourth-order valence-corrected chi connectivity index (χ4v) is 7.08. The predicted octanol–water partition coefficient (Wildman–Crippen LogP) is 6.25. The van der Waals surface area contributed by atoms with Gasteiger partial charge >= 0.3 is 12.5 Å².